The molecule has 0 unspecified atom stereocenters. The zero-order chi connectivity index (χ0) is 9.52. The first kappa shape index (κ1) is 10.6. The smallest absolute Gasteiger partial charge is 0.134 e. The van der Waals surface area contributed by atoms with Crippen molar-refractivity contribution in [2.24, 2.45) is 0 Å². The van der Waals surface area contributed by atoms with Crippen LogP contribution in [0.5, 0.6) is 0 Å². The molecule has 0 saturated carbocycles. The van der Waals surface area contributed by atoms with Crippen LogP contribution in [0.1, 0.15) is 19.2 Å². The molecule has 0 aliphatic heterocycles. The summed E-state index contributed by atoms with van der Waals surface area (Å²) >= 11 is 1.95. The van der Waals surface area contributed by atoms with Crippen LogP contribution in [0.4, 0.5) is 0 Å². The largest absolute Gasteiger partial charge is 0.388 e. The summed E-state index contributed by atoms with van der Waals surface area (Å²) in [5, 5.41) is 8.92. The van der Waals surface area contributed by atoms with Gasteiger partial charge in [0, 0.05) is 18.9 Å². The number of hydrogen-bond acceptors (Lipinski definition) is 3. The van der Waals surface area contributed by atoms with E-state index in [0.717, 1.165) is 18.8 Å². The molecular formula is C9H16N2OS. The second kappa shape index (κ2) is 6.05. The van der Waals surface area contributed by atoms with Crippen molar-refractivity contribution >= 4 is 11.8 Å². The SMILES string of the molecule is CCSCCCn1ccnc1CO. The highest BCUT2D eigenvalue weighted by molar-refractivity contribution is 7.99. The Hall–Kier alpha value is -0.480. The van der Waals surface area contributed by atoms with Crippen LogP contribution in [0.25, 0.3) is 0 Å². The van der Waals surface area contributed by atoms with E-state index in [1.165, 1.54) is 11.5 Å². The summed E-state index contributed by atoms with van der Waals surface area (Å²) in [6, 6.07) is 0. The summed E-state index contributed by atoms with van der Waals surface area (Å²) in [5.41, 5.74) is 0. The number of aryl methyl sites for hydroxylation is 1. The standard InChI is InChI=1S/C9H16N2OS/c1-2-13-7-3-5-11-6-4-10-9(11)8-12/h4,6,12H,2-3,5,7-8H2,1H3. The van der Waals surface area contributed by atoms with Crippen molar-refractivity contribution in [2.45, 2.75) is 26.5 Å². The van der Waals surface area contributed by atoms with Crippen LogP contribution < -0.4 is 0 Å². The average molecular weight is 200 g/mol. The second-order valence-corrected chi connectivity index (χ2v) is 4.14. The Morgan fingerprint density at radius 2 is 2.46 bits per heavy atom. The Kier molecular flexibility index (Phi) is 4.93. The molecule has 74 valence electrons. The van der Waals surface area contributed by atoms with Crippen molar-refractivity contribution in [3.8, 4) is 0 Å². The van der Waals surface area contributed by atoms with Gasteiger partial charge in [-0.05, 0) is 17.9 Å². The molecule has 0 atom stereocenters. The predicted octanol–water partition coefficient (Wildman–Crippen LogP) is 1.52. The first-order valence-electron chi connectivity index (χ1n) is 4.57. The molecule has 1 N–H and O–H groups in total. The summed E-state index contributed by atoms with van der Waals surface area (Å²) in [4.78, 5) is 4.04. The van der Waals surface area contributed by atoms with Crippen LogP contribution in [-0.4, -0.2) is 26.2 Å². The third-order valence-corrected chi connectivity index (χ3v) is 2.82. The lowest BCUT2D eigenvalue weighted by Crippen LogP contribution is -2.03. The molecule has 0 aromatic carbocycles. The number of nitrogens with zero attached hydrogens (tertiary/aromatic N) is 2. The number of aliphatic hydroxyl groups is 1. The van der Waals surface area contributed by atoms with E-state index in [1.54, 1.807) is 6.20 Å². The second-order valence-electron chi connectivity index (χ2n) is 2.75. The number of thioether (sulfide) groups is 1. The molecule has 1 aromatic heterocycles. The number of rotatable bonds is 6. The van der Waals surface area contributed by atoms with Gasteiger partial charge in [-0.3, -0.25) is 0 Å². The van der Waals surface area contributed by atoms with Crippen molar-refractivity contribution < 1.29 is 5.11 Å². The van der Waals surface area contributed by atoms with E-state index in [0.29, 0.717) is 0 Å². The molecule has 1 rings (SSSR count). The van der Waals surface area contributed by atoms with Crippen LogP contribution in [-0.2, 0) is 13.2 Å². The van der Waals surface area contributed by atoms with E-state index in [1.807, 2.05) is 22.5 Å². The highest BCUT2D eigenvalue weighted by Gasteiger charge is 1.99. The highest BCUT2D eigenvalue weighted by atomic mass is 32.2. The maximum Gasteiger partial charge on any atom is 0.134 e. The molecule has 1 aromatic rings. The Bertz CT molecular complexity index is 237. The molecule has 0 aliphatic rings. The molecule has 1 heterocycles. The monoisotopic (exact) mass is 200 g/mol. The lowest BCUT2D eigenvalue weighted by Gasteiger charge is -2.04. The topological polar surface area (TPSA) is 38.0 Å². The zero-order valence-electron chi connectivity index (χ0n) is 7.94. The van der Waals surface area contributed by atoms with Crippen molar-refractivity contribution in [1.82, 2.24) is 9.55 Å². The van der Waals surface area contributed by atoms with Crippen molar-refractivity contribution in [3.05, 3.63) is 18.2 Å². The number of aliphatic hydroxyl groups excluding tert-OH is 1. The van der Waals surface area contributed by atoms with Gasteiger partial charge in [-0.1, -0.05) is 6.92 Å². The van der Waals surface area contributed by atoms with E-state index < -0.39 is 0 Å². The maximum atomic E-state index is 8.92. The highest BCUT2D eigenvalue weighted by Crippen LogP contribution is 2.04. The van der Waals surface area contributed by atoms with Gasteiger partial charge in [0.2, 0.25) is 0 Å². The van der Waals surface area contributed by atoms with Gasteiger partial charge >= 0.3 is 0 Å². The fourth-order valence-corrected chi connectivity index (χ4v) is 1.80. The van der Waals surface area contributed by atoms with Gasteiger partial charge in [-0.15, -0.1) is 0 Å². The summed E-state index contributed by atoms with van der Waals surface area (Å²) < 4.78 is 2.01. The van der Waals surface area contributed by atoms with E-state index in [-0.39, 0.29) is 6.61 Å². The van der Waals surface area contributed by atoms with Gasteiger partial charge in [-0.25, -0.2) is 4.98 Å². The van der Waals surface area contributed by atoms with Crippen LogP contribution in [0, 0.1) is 0 Å². The molecule has 4 heteroatoms. The van der Waals surface area contributed by atoms with Gasteiger partial charge < -0.3 is 9.67 Å². The van der Waals surface area contributed by atoms with E-state index in [9.17, 15) is 0 Å². The quantitative estimate of drug-likeness (QED) is 0.707. The molecule has 0 aliphatic carbocycles. The minimum atomic E-state index is 0.0356. The minimum Gasteiger partial charge on any atom is -0.388 e. The van der Waals surface area contributed by atoms with Gasteiger partial charge in [0.15, 0.2) is 0 Å². The summed E-state index contributed by atoms with van der Waals surface area (Å²) in [6.07, 6.45) is 4.79. The third kappa shape index (κ3) is 3.40. The summed E-state index contributed by atoms with van der Waals surface area (Å²) in [6.45, 7) is 3.16. The molecule has 0 spiro atoms. The third-order valence-electron chi connectivity index (χ3n) is 1.83. The normalized spacial score (nSPS) is 10.6. The van der Waals surface area contributed by atoms with Crippen molar-refractivity contribution in [2.75, 3.05) is 11.5 Å². The fraction of sp³-hybridized carbons (Fsp3) is 0.667. The number of aromatic nitrogens is 2. The van der Waals surface area contributed by atoms with Crippen LogP contribution in [0.15, 0.2) is 12.4 Å². The predicted molar refractivity (Wildman–Crippen MR) is 55.8 cm³/mol. The van der Waals surface area contributed by atoms with Crippen LogP contribution in [0.3, 0.4) is 0 Å². The molecule has 0 fully saturated rings. The average Bonchev–Trinajstić information content (AvgIpc) is 2.60. The number of hydrogen-bond donors (Lipinski definition) is 1. The lowest BCUT2D eigenvalue weighted by atomic mass is 10.4. The van der Waals surface area contributed by atoms with Gasteiger partial charge in [-0.2, -0.15) is 11.8 Å². The van der Waals surface area contributed by atoms with E-state index in [4.69, 9.17) is 5.11 Å². The van der Waals surface area contributed by atoms with Crippen molar-refractivity contribution in [1.29, 1.82) is 0 Å². The molecule has 0 saturated heterocycles. The van der Waals surface area contributed by atoms with E-state index in [2.05, 4.69) is 11.9 Å². The first-order valence-corrected chi connectivity index (χ1v) is 5.72. The molecule has 0 amide bonds. The Morgan fingerprint density at radius 1 is 1.62 bits per heavy atom. The molecular weight excluding hydrogens is 184 g/mol. The summed E-state index contributed by atoms with van der Waals surface area (Å²) in [7, 11) is 0. The molecule has 3 nitrogen and oxygen atoms in total. The zero-order valence-corrected chi connectivity index (χ0v) is 8.76. The Labute approximate surface area is 83.2 Å². The minimum absolute atomic E-state index is 0.0356. The van der Waals surface area contributed by atoms with Crippen molar-refractivity contribution in [3.63, 3.8) is 0 Å². The molecule has 13 heavy (non-hydrogen) atoms. The van der Waals surface area contributed by atoms with Crippen LogP contribution >= 0.6 is 11.8 Å². The van der Waals surface area contributed by atoms with Gasteiger partial charge in [0.1, 0.15) is 12.4 Å². The molecule has 0 radical (unpaired) electrons. The van der Waals surface area contributed by atoms with Crippen LogP contribution in [0.2, 0.25) is 0 Å². The lowest BCUT2D eigenvalue weighted by molar-refractivity contribution is 0.265. The number of imidazole rings is 1. The van der Waals surface area contributed by atoms with Gasteiger partial charge in [0.05, 0.1) is 0 Å². The maximum absolute atomic E-state index is 8.92. The Balaban J connectivity index is 2.27. The Morgan fingerprint density at radius 3 is 3.15 bits per heavy atom. The first-order chi connectivity index (χ1) is 6.38. The van der Waals surface area contributed by atoms with Gasteiger partial charge in [0.25, 0.3) is 0 Å². The fourth-order valence-electron chi connectivity index (χ4n) is 1.18. The summed E-state index contributed by atoms with van der Waals surface area (Å²) in [5.74, 6) is 3.12. The molecule has 0 bridgehead atoms. The van der Waals surface area contributed by atoms with E-state index >= 15 is 0 Å².